The molecule has 4 aromatic rings. The quantitative estimate of drug-likeness (QED) is 0.519. The maximum atomic E-state index is 12.4. The summed E-state index contributed by atoms with van der Waals surface area (Å²) in [5.74, 6) is 1.17. The summed E-state index contributed by atoms with van der Waals surface area (Å²) in [6.07, 6.45) is 2.32. The maximum Gasteiger partial charge on any atom is 0.257 e. The maximum absolute atomic E-state index is 12.4. The topological polar surface area (TPSA) is 93.8 Å². The Morgan fingerprint density at radius 3 is 2.17 bits per heavy atom. The fourth-order valence-electron chi connectivity index (χ4n) is 2.87. The zero-order valence-electron chi connectivity index (χ0n) is 15.6. The van der Waals surface area contributed by atoms with Crippen molar-refractivity contribution in [3.05, 3.63) is 64.7 Å². The number of rotatable bonds is 5. The highest BCUT2D eigenvalue weighted by Gasteiger charge is 2.27. The molecule has 144 valence electrons. The van der Waals surface area contributed by atoms with Crippen LogP contribution in [0.3, 0.4) is 0 Å². The van der Waals surface area contributed by atoms with Crippen LogP contribution in [-0.4, -0.2) is 26.3 Å². The second-order valence-corrected chi connectivity index (χ2v) is 8.04. The van der Waals surface area contributed by atoms with Gasteiger partial charge in [-0.1, -0.05) is 29.0 Å². The van der Waals surface area contributed by atoms with Gasteiger partial charge in [-0.25, -0.2) is 0 Å². The number of anilines is 1. The molecule has 29 heavy (non-hydrogen) atoms. The summed E-state index contributed by atoms with van der Waals surface area (Å²) in [7, 11) is 0. The first-order chi connectivity index (χ1) is 14.2. The van der Waals surface area contributed by atoms with E-state index in [1.807, 2.05) is 31.2 Å². The predicted molar refractivity (Wildman–Crippen MR) is 110 cm³/mol. The van der Waals surface area contributed by atoms with E-state index in [1.165, 1.54) is 16.9 Å². The summed E-state index contributed by atoms with van der Waals surface area (Å²) in [5.41, 5.74) is 3.31. The van der Waals surface area contributed by atoms with E-state index in [9.17, 15) is 4.79 Å². The van der Waals surface area contributed by atoms with Crippen molar-refractivity contribution in [2.75, 3.05) is 5.32 Å². The minimum atomic E-state index is -0.221. The minimum absolute atomic E-state index is 0.221. The molecule has 1 aliphatic carbocycles. The fraction of sp³-hybridized carbons (Fsp3) is 0.190. The molecule has 1 fully saturated rings. The molecule has 0 atom stereocenters. The van der Waals surface area contributed by atoms with Crippen molar-refractivity contribution >= 4 is 22.4 Å². The van der Waals surface area contributed by atoms with E-state index in [0.717, 1.165) is 29.0 Å². The van der Waals surface area contributed by atoms with Crippen molar-refractivity contribution in [2.24, 2.45) is 0 Å². The largest absolute Gasteiger partial charge is 0.416 e. The predicted octanol–water partition coefficient (Wildman–Crippen LogP) is 4.69. The van der Waals surface area contributed by atoms with E-state index < -0.39 is 0 Å². The first kappa shape index (κ1) is 17.7. The number of carbonyl (C=O) groups excluding carboxylic acids is 1. The van der Waals surface area contributed by atoms with E-state index >= 15 is 0 Å². The van der Waals surface area contributed by atoms with Crippen molar-refractivity contribution in [1.82, 2.24) is 20.4 Å². The molecular formula is C21H17N5O2S. The number of benzene rings is 2. The summed E-state index contributed by atoms with van der Waals surface area (Å²) >= 11 is 1.44. The summed E-state index contributed by atoms with van der Waals surface area (Å²) in [6, 6.07) is 14.9. The standard InChI is InChI=1S/C21H17N5O2S/c1-12-2-4-14(5-3-12)18-23-24-19(28-18)15-8-6-13(7-9-15)17(27)22-21-26-25-20(29-21)16-10-11-16/h2-9,16H,10-11H2,1H3,(H,22,26,27). The molecule has 0 unspecified atom stereocenters. The van der Waals surface area contributed by atoms with Gasteiger partial charge in [-0.2, -0.15) is 0 Å². The van der Waals surface area contributed by atoms with E-state index in [1.54, 1.807) is 24.3 Å². The van der Waals surface area contributed by atoms with Crippen LogP contribution >= 0.6 is 11.3 Å². The van der Waals surface area contributed by atoms with Crippen LogP contribution in [0.1, 0.15) is 39.7 Å². The van der Waals surface area contributed by atoms with E-state index in [2.05, 4.69) is 25.7 Å². The number of hydrogen-bond acceptors (Lipinski definition) is 7. The highest BCUT2D eigenvalue weighted by Crippen LogP contribution is 2.42. The Balaban J connectivity index is 1.29. The zero-order valence-corrected chi connectivity index (χ0v) is 16.4. The van der Waals surface area contributed by atoms with Gasteiger partial charge in [0.2, 0.25) is 16.9 Å². The van der Waals surface area contributed by atoms with Gasteiger partial charge in [0.25, 0.3) is 5.91 Å². The Kier molecular flexibility index (Phi) is 4.40. The molecule has 2 heterocycles. The number of amides is 1. The smallest absolute Gasteiger partial charge is 0.257 e. The Morgan fingerprint density at radius 2 is 1.55 bits per heavy atom. The number of hydrogen-bond donors (Lipinski definition) is 1. The number of nitrogens with zero attached hydrogens (tertiary/aromatic N) is 4. The Morgan fingerprint density at radius 1 is 0.931 bits per heavy atom. The van der Waals surface area contributed by atoms with Gasteiger partial charge in [0.1, 0.15) is 5.01 Å². The number of carbonyl (C=O) groups is 1. The molecule has 0 spiro atoms. The van der Waals surface area contributed by atoms with Crippen LogP contribution in [0.4, 0.5) is 5.13 Å². The van der Waals surface area contributed by atoms with Crippen molar-refractivity contribution < 1.29 is 9.21 Å². The Labute approximate surface area is 170 Å². The molecule has 0 saturated heterocycles. The third-order valence-corrected chi connectivity index (χ3v) is 5.71. The van der Waals surface area contributed by atoms with Crippen molar-refractivity contribution in [3.8, 4) is 22.9 Å². The Bertz CT molecular complexity index is 1160. The molecule has 0 radical (unpaired) electrons. The zero-order chi connectivity index (χ0) is 19.8. The van der Waals surface area contributed by atoms with Gasteiger partial charge < -0.3 is 4.42 Å². The van der Waals surface area contributed by atoms with Gasteiger partial charge in [0, 0.05) is 22.6 Å². The van der Waals surface area contributed by atoms with Crippen LogP contribution in [0.5, 0.6) is 0 Å². The third-order valence-electron chi connectivity index (χ3n) is 4.71. The average Bonchev–Trinajstić information content (AvgIpc) is 3.29. The first-order valence-corrected chi connectivity index (χ1v) is 10.1. The monoisotopic (exact) mass is 403 g/mol. The summed E-state index contributed by atoms with van der Waals surface area (Å²) in [4.78, 5) is 12.4. The van der Waals surface area contributed by atoms with Gasteiger partial charge in [0.15, 0.2) is 0 Å². The molecule has 8 heteroatoms. The van der Waals surface area contributed by atoms with Crippen LogP contribution in [-0.2, 0) is 0 Å². The lowest BCUT2D eigenvalue weighted by Crippen LogP contribution is -2.11. The number of nitrogens with one attached hydrogen (secondary N) is 1. The molecule has 1 N–H and O–H groups in total. The van der Waals surface area contributed by atoms with Crippen molar-refractivity contribution in [2.45, 2.75) is 25.7 Å². The summed E-state index contributed by atoms with van der Waals surface area (Å²) in [6.45, 7) is 2.03. The van der Waals surface area contributed by atoms with Gasteiger partial charge in [0.05, 0.1) is 0 Å². The molecule has 1 aliphatic rings. The molecule has 2 aromatic carbocycles. The highest BCUT2D eigenvalue weighted by atomic mass is 32.1. The lowest BCUT2D eigenvalue weighted by Gasteiger charge is -2.02. The van der Waals surface area contributed by atoms with Gasteiger partial charge in [-0.3, -0.25) is 10.1 Å². The SMILES string of the molecule is Cc1ccc(-c2nnc(-c3ccc(C(=O)Nc4nnc(C5CC5)s4)cc3)o2)cc1. The van der Waals surface area contributed by atoms with Crippen LogP contribution in [0.2, 0.25) is 0 Å². The lowest BCUT2D eigenvalue weighted by atomic mass is 10.1. The van der Waals surface area contributed by atoms with Crippen molar-refractivity contribution in [3.63, 3.8) is 0 Å². The van der Waals surface area contributed by atoms with E-state index in [-0.39, 0.29) is 5.91 Å². The molecule has 1 amide bonds. The van der Waals surface area contributed by atoms with Gasteiger partial charge in [-0.15, -0.1) is 20.4 Å². The molecule has 7 nitrogen and oxygen atoms in total. The highest BCUT2D eigenvalue weighted by molar-refractivity contribution is 7.15. The van der Waals surface area contributed by atoms with Crippen molar-refractivity contribution in [1.29, 1.82) is 0 Å². The summed E-state index contributed by atoms with van der Waals surface area (Å²) in [5, 5.41) is 20.8. The minimum Gasteiger partial charge on any atom is -0.416 e. The van der Waals surface area contributed by atoms with Gasteiger partial charge in [-0.05, 0) is 56.2 Å². The van der Waals surface area contributed by atoms with Crippen LogP contribution in [0.15, 0.2) is 52.9 Å². The second kappa shape index (κ2) is 7.21. The molecule has 0 aliphatic heterocycles. The van der Waals surface area contributed by atoms with Crippen LogP contribution < -0.4 is 5.32 Å². The third kappa shape index (κ3) is 3.79. The number of aromatic nitrogens is 4. The molecular weight excluding hydrogens is 386 g/mol. The Hall–Kier alpha value is -3.39. The van der Waals surface area contributed by atoms with E-state index in [0.29, 0.717) is 28.4 Å². The fourth-order valence-corrected chi connectivity index (χ4v) is 3.77. The van der Waals surface area contributed by atoms with Crippen LogP contribution in [0.25, 0.3) is 22.9 Å². The first-order valence-electron chi connectivity index (χ1n) is 9.31. The average molecular weight is 403 g/mol. The van der Waals surface area contributed by atoms with E-state index in [4.69, 9.17) is 4.42 Å². The molecule has 1 saturated carbocycles. The lowest BCUT2D eigenvalue weighted by molar-refractivity contribution is 0.102. The van der Waals surface area contributed by atoms with Crippen LogP contribution in [0, 0.1) is 6.92 Å². The summed E-state index contributed by atoms with van der Waals surface area (Å²) < 4.78 is 5.78. The normalized spacial score (nSPS) is 13.4. The number of aryl methyl sites for hydroxylation is 1. The molecule has 0 bridgehead atoms. The van der Waals surface area contributed by atoms with Gasteiger partial charge >= 0.3 is 0 Å². The second-order valence-electron chi connectivity index (χ2n) is 7.03. The molecule has 5 rings (SSSR count). The molecule has 2 aromatic heterocycles.